The van der Waals surface area contributed by atoms with Gasteiger partial charge in [-0.15, -0.1) is 0 Å². The van der Waals surface area contributed by atoms with Crippen molar-refractivity contribution in [2.24, 2.45) is 22.9 Å². The van der Waals surface area contributed by atoms with Gasteiger partial charge in [0.15, 0.2) is 11.3 Å². The Morgan fingerprint density at radius 1 is 1.11 bits per heavy atom. The molecule has 36 heavy (non-hydrogen) atoms. The Labute approximate surface area is 211 Å². The van der Waals surface area contributed by atoms with Crippen LogP contribution in [0.2, 0.25) is 0 Å². The molecule has 1 aromatic carbocycles. The first-order valence-corrected chi connectivity index (χ1v) is 13.3. The van der Waals surface area contributed by atoms with Gasteiger partial charge in [-0.2, -0.15) is 0 Å². The normalized spacial score (nSPS) is 31.9. The van der Waals surface area contributed by atoms with E-state index in [0.29, 0.717) is 49.9 Å². The van der Waals surface area contributed by atoms with E-state index in [4.69, 9.17) is 9.57 Å². The summed E-state index contributed by atoms with van der Waals surface area (Å²) in [6, 6.07) is 10.2. The lowest BCUT2D eigenvalue weighted by Crippen LogP contribution is -2.64. The number of carboxylic acids is 1. The summed E-state index contributed by atoms with van der Waals surface area (Å²) in [5.74, 6) is 0.274. The van der Waals surface area contributed by atoms with Gasteiger partial charge in [0.05, 0.1) is 18.7 Å². The third kappa shape index (κ3) is 4.36. The highest BCUT2D eigenvalue weighted by molar-refractivity contribution is 5.89. The number of alkyl halides is 1. The van der Waals surface area contributed by atoms with Gasteiger partial charge in [0.2, 0.25) is 0 Å². The molecule has 1 saturated heterocycles. The number of oxime groups is 1. The van der Waals surface area contributed by atoms with Crippen LogP contribution in [0.1, 0.15) is 56.9 Å². The number of rotatable bonds is 7. The van der Waals surface area contributed by atoms with Gasteiger partial charge in [-0.3, -0.25) is 9.69 Å². The Bertz CT molecular complexity index is 1110. The topological polar surface area (TPSA) is 71.4 Å². The third-order valence-corrected chi connectivity index (χ3v) is 8.81. The van der Waals surface area contributed by atoms with Crippen molar-refractivity contribution >= 4 is 17.3 Å². The highest BCUT2D eigenvalue weighted by Gasteiger charge is 2.54. The molecule has 1 aromatic rings. The van der Waals surface area contributed by atoms with Crippen molar-refractivity contribution in [2.45, 2.75) is 62.6 Å². The lowest BCUT2D eigenvalue weighted by Gasteiger charge is -2.48. The second-order valence-electron chi connectivity index (χ2n) is 11.5. The quantitative estimate of drug-likeness (QED) is 0.563. The van der Waals surface area contributed by atoms with Crippen LogP contribution in [0.25, 0.3) is 5.57 Å². The number of methoxy groups -OCH3 is 1. The number of allylic oxidation sites excluding steroid dienone is 3. The maximum absolute atomic E-state index is 16.6. The molecule has 1 atom stereocenters. The smallest absolute Gasteiger partial charge is 0.306 e. The molecule has 7 heteroatoms. The van der Waals surface area contributed by atoms with E-state index >= 15 is 4.39 Å². The van der Waals surface area contributed by atoms with E-state index in [-0.39, 0.29) is 18.1 Å². The van der Waals surface area contributed by atoms with E-state index in [1.165, 1.54) is 5.57 Å². The van der Waals surface area contributed by atoms with Crippen LogP contribution in [0.3, 0.4) is 0 Å². The predicted molar refractivity (Wildman–Crippen MR) is 135 cm³/mol. The standard InChI is InChI=1S/C29H35FN2O4/c1-35-26-13-23(19-5-3-2-4-6-19)24(20-7-8-20)14-29(26,30)18-32-16-28(17-32)15-25(31-36-28)21-9-11-22(12-10-21)27(33)34/h2-6,13,20-22H,7-12,14-18H2,1H3,(H,33,34). The molecule has 0 aromatic heterocycles. The van der Waals surface area contributed by atoms with Gasteiger partial charge in [-0.1, -0.05) is 41.1 Å². The van der Waals surface area contributed by atoms with Crippen LogP contribution in [-0.4, -0.2) is 59.7 Å². The van der Waals surface area contributed by atoms with Crippen molar-refractivity contribution in [3.05, 3.63) is 53.3 Å². The number of hydrogen-bond donors (Lipinski definition) is 1. The predicted octanol–water partition coefficient (Wildman–Crippen LogP) is 5.21. The Hall–Kier alpha value is -2.67. The van der Waals surface area contributed by atoms with E-state index in [9.17, 15) is 9.90 Å². The zero-order valence-corrected chi connectivity index (χ0v) is 20.9. The first-order valence-electron chi connectivity index (χ1n) is 13.3. The Morgan fingerprint density at radius 3 is 2.44 bits per heavy atom. The number of nitrogens with zero attached hydrogens (tertiary/aromatic N) is 2. The molecule has 192 valence electrons. The Kier molecular flexibility index (Phi) is 5.94. The molecule has 0 amide bonds. The molecule has 3 fully saturated rings. The summed E-state index contributed by atoms with van der Waals surface area (Å²) in [6.07, 6.45) is 8.46. The summed E-state index contributed by atoms with van der Waals surface area (Å²) < 4.78 is 22.2. The van der Waals surface area contributed by atoms with Crippen LogP contribution in [0.5, 0.6) is 0 Å². The fourth-order valence-electron chi connectivity index (χ4n) is 6.74. The molecule has 5 aliphatic rings. The zero-order chi connectivity index (χ0) is 24.9. The lowest BCUT2D eigenvalue weighted by atomic mass is 9.76. The van der Waals surface area contributed by atoms with E-state index in [2.05, 4.69) is 22.2 Å². The zero-order valence-electron chi connectivity index (χ0n) is 20.9. The molecule has 6 nitrogen and oxygen atoms in total. The van der Waals surface area contributed by atoms with Gasteiger partial charge in [-0.05, 0) is 61.7 Å². The van der Waals surface area contributed by atoms with Gasteiger partial charge in [0.1, 0.15) is 5.76 Å². The van der Waals surface area contributed by atoms with Crippen molar-refractivity contribution < 1.29 is 23.9 Å². The highest BCUT2D eigenvalue weighted by Crippen LogP contribution is 2.50. The molecule has 2 heterocycles. The second-order valence-corrected chi connectivity index (χ2v) is 11.5. The van der Waals surface area contributed by atoms with Gasteiger partial charge in [0, 0.05) is 38.4 Å². The molecule has 1 spiro atoms. The minimum absolute atomic E-state index is 0.228. The SMILES string of the molecule is COC1=CC(c2ccccc2)=C(C2CC2)CC1(F)CN1CC2(CC(C3CCC(C(=O)O)CC3)=NO2)C1. The number of halogens is 1. The van der Waals surface area contributed by atoms with Gasteiger partial charge < -0.3 is 14.7 Å². The van der Waals surface area contributed by atoms with Crippen molar-refractivity contribution in [3.63, 3.8) is 0 Å². The van der Waals surface area contributed by atoms with E-state index in [1.807, 2.05) is 24.3 Å². The number of carbonyl (C=O) groups is 1. The van der Waals surface area contributed by atoms with Crippen molar-refractivity contribution in [2.75, 3.05) is 26.7 Å². The van der Waals surface area contributed by atoms with E-state index < -0.39 is 11.6 Å². The fourth-order valence-corrected chi connectivity index (χ4v) is 6.74. The fraction of sp³-hybridized carbons (Fsp3) is 0.586. The largest absolute Gasteiger partial charge is 0.498 e. The van der Waals surface area contributed by atoms with E-state index in [0.717, 1.165) is 49.0 Å². The average molecular weight is 495 g/mol. The average Bonchev–Trinajstić information content (AvgIpc) is 3.62. The first-order chi connectivity index (χ1) is 17.4. The molecule has 1 N–H and O–H groups in total. The molecule has 1 unspecified atom stereocenters. The summed E-state index contributed by atoms with van der Waals surface area (Å²) in [4.78, 5) is 19.3. The van der Waals surface area contributed by atoms with E-state index in [1.54, 1.807) is 7.11 Å². The monoisotopic (exact) mass is 494 g/mol. The van der Waals surface area contributed by atoms with Crippen LogP contribution >= 0.6 is 0 Å². The summed E-state index contributed by atoms with van der Waals surface area (Å²) in [5.41, 5.74) is 2.63. The first kappa shape index (κ1) is 23.7. The highest BCUT2D eigenvalue weighted by atomic mass is 19.1. The maximum Gasteiger partial charge on any atom is 0.306 e. The Balaban J connectivity index is 1.09. The summed E-state index contributed by atoms with van der Waals surface area (Å²) in [7, 11) is 1.57. The number of carboxylic acid groups (broad SMARTS) is 1. The summed E-state index contributed by atoms with van der Waals surface area (Å²) in [6.45, 7) is 1.59. The molecule has 0 radical (unpaired) electrons. The van der Waals surface area contributed by atoms with Crippen LogP contribution in [-0.2, 0) is 14.4 Å². The minimum atomic E-state index is -1.55. The molecule has 2 saturated carbocycles. The molecule has 6 rings (SSSR count). The number of likely N-dealkylation sites (tertiary alicyclic amines) is 1. The van der Waals surface area contributed by atoms with Gasteiger partial charge in [-0.25, -0.2) is 4.39 Å². The molecular formula is C29H35FN2O4. The number of benzene rings is 1. The number of hydrogen-bond acceptors (Lipinski definition) is 5. The van der Waals surface area contributed by atoms with Crippen LogP contribution < -0.4 is 0 Å². The molecule has 3 aliphatic carbocycles. The van der Waals surface area contributed by atoms with Crippen LogP contribution in [0, 0.1) is 17.8 Å². The summed E-state index contributed by atoms with van der Waals surface area (Å²) in [5, 5.41) is 13.7. The summed E-state index contributed by atoms with van der Waals surface area (Å²) >= 11 is 0. The third-order valence-electron chi connectivity index (χ3n) is 8.81. The van der Waals surface area contributed by atoms with Crippen molar-refractivity contribution in [3.8, 4) is 0 Å². The molecule has 2 aliphatic heterocycles. The second kappa shape index (κ2) is 9.02. The molecular weight excluding hydrogens is 459 g/mol. The molecule has 0 bridgehead atoms. The van der Waals surface area contributed by atoms with Gasteiger partial charge >= 0.3 is 5.97 Å². The Morgan fingerprint density at radius 2 is 1.81 bits per heavy atom. The van der Waals surface area contributed by atoms with Crippen molar-refractivity contribution in [1.82, 2.24) is 4.90 Å². The maximum atomic E-state index is 16.6. The van der Waals surface area contributed by atoms with Crippen LogP contribution in [0.15, 0.2) is 52.9 Å². The lowest BCUT2D eigenvalue weighted by molar-refractivity contribution is -0.142. The number of ether oxygens (including phenoxy) is 1. The number of aliphatic carboxylic acids is 1. The van der Waals surface area contributed by atoms with Gasteiger partial charge in [0.25, 0.3) is 0 Å². The van der Waals surface area contributed by atoms with Crippen LogP contribution in [0.4, 0.5) is 4.39 Å². The minimum Gasteiger partial charge on any atom is -0.498 e. The van der Waals surface area contributed by atoms with Crippen molar-refractivity contribution in [1.29, 1.82) is 0 Å².